The molecular formula is C23H20F6N8O3. The van der Waals surface area contributed by atoms with Crippen LogP contribution in [0.3, 0.4) is 0 Å². The number of aromatic nitrogens is 6. The standard InChI is InChI=1S/C23H20F6N8O3/c1-10(34-15-7-33-36-20(38)17(15)23(27,28)29)3-2-4-37-9-32-14-6-11(13(24)5-12(14)21(37)39)19-31-8-16(18(30)35-19)40-22(25)26/h5-10,22H,2-4H2,1H3,(H2,30,31,35)(H2,34,36,38). The summed E-state index contributed by atoms with van der Waals surface area (Å²) in [6.07, 6.45) is -1.31. The molecule has 212 valence electrons. The molecule has 0 aliphatic carbocycles. The number of nitrogen functional groups attached to an aromatic ring is 1. The second-order valence-electron chi connectivity index (χ2n) is 8.59. The Morgan fingerprint density at radius 3 is 2.60 bits per heavy atom. The second-order valence-corrected chi connectivity index (χ2v) is 8.59. The summed E-state index contributed by atoms with van der Waals surface area (Å²) >= 11 is 0. The van der Waals surface area contributed by atoms with E-state index in [-0.39, 0.29) is 28.8 Å². The molecule has 0 saturated heterocycles. The third-order valence-corrected chi connectivity index (χ3v) is 5.73. The van der Waals surface area contributed by atoms with E-state index in [4.69, 9.17) is 5.73 Å². The number of halogens is 6. The number of alkyl halides is 5. The molecule has 0 spiro atoms. The van der Waals surface area contributed by atoms with E-state index >= 15 is 0 Å². The monoisotopic (exact) mass is 570 g/mol. The Bertz CT molecular complexity index is 1660. The van der Waals surface area contributed by atoms with Crippen LogP contribution in [-0.2, 0) is 12.7 Å². The van der Waals surface area contributed by atoms with E-state index in [1.54, 1.807) is 12.0 Å². The van der Waals surface area contributed by atoms with Gasteiger partial charge in [-0.1, -0.05) is 0 Å². The lowest BCUT2D eigenvalue weighted by atomic mass is 10.1. The molecule has 4 aromatic rings. The van der Waals surface area contributed by atoms with Crippen LogP contribution >= 0.6 is 0 Å². The van der Waals surface area contributed by atoms with Crippen molar-refractivity contribution in [3.63, 3.8) is 0 Å². The van der Waals surface area contributed by atoms with Gasteiger partial charge in [0.05, 0.1) is 40.9 Å². The Morgan fingerprint density at radius 1 is 1.18 bits per heavy atom. The fourth-order valence-electron chi connectivity index (χ4n) is 3.90. The summed E-state index contributed by atoms with van der Waals surface area (Å²) in [4.78, 5) is 36.3. The molecule has 17 heteroatoms. The minimum Gasteiger partial charge on any atom is -0.429 e. The highest BCUT2D eigenvalue weighted by molar-refractivity contribution is 5.82. The largest absolute Gasteiger partial charge is 0.429 e. The maximum atomic E-state index is 14.9. The normalized spacial score (nSPS) is 12.6. The van der Waals surface area contributed by atoms with Crippen molar-refractivity contribution < 1.29 is 31.1 Å². The molecule has 4 rings (SSSR count). The first kappa shape index (κ1) is 28.3. The number of hydrogen-bond acceptors (Lipinski definition) is 9. The minimum absolute atomic E-state index is 0.0649. The third kappa shape index (κ3) is 6.13. The quantitative estimate of drug-likeness (QED) is 0.256. The van der Waals surface area contributed by atoms with Crippen molar-refractivity contribution in [3.05, 3.63) is 62.9 Å². The van der Waals surface area contributed by atoms with Crippen molar-refractivity contribution in [1.82, 2.24) is 29.7 Å². The third-order valence-electron chi connectivity index (χ3n) is 5.73. The number of nitrogens with two attached hydrogens (primary N) is 1. The lowest BCUT2D eigenvalue weighted by molar-refractivity contribution is -0.138. The smallest absolute Gasteiger partial charge is 0.423 e. The maximum absolute atomic E-state index is 14.9. The lowest BCUT2D eigenvalue weighted by Gasteiger charge is -2.18. The summed E-state index contributed by atoms with van der Waals surface area (Å²) in [7, 11) is 0. The van der Waals surface area contributed by atoms with Crippen molar-refractivity contribution in [2.75, 3.05) is 11.1 Å². The summed E-state index contributed by atoms with van der Waals surface area (Å²) < 4.78 is 84.8. The first-order chi connectivity index (χ1) is 18.8. The van der Waals surface area contributed by atoms with Crippen LogP contribution in [0, 0.1) is 5.82 Å². The van der Waals surface area contributed by atoms with Crippen molar-refractivity contribution >= 4 is 22.4 Å². The molecule has 0 amide bonds. The summed E-state index contributed by atoms with van der Waals surface area (Å²) in [6.45, 7) is -1.45. The van der Waals surface area contributed by atoms with Crippen LogP contribution in [0.25, 0.3) is 22.3 Å². The molecule has 0 bridgehead atoms. The number of fused-ring (bicyclic) bond motifs is 1. The number of nitrogens with one attached hydrogen (secondary N) is 2. The van der Waals surface area contributed by atoms with Crippen molar-refractivity contribution in [3.8, 4) is 17.1 Å². The highest BCUT2D eigenvalue weighted by Gasteiger charge is 2.37. The zero-order chi connectivity index (χ0) is 29.2. The lowest BCUT2D eigenvalue weighted by Crippen LogP contribution is -2.27. The highest BCUT2D eigenvalue weighted by atomic mass is 19.4. The number of H-pyrrole nitrogens is 1. The van der Waals surface area contributed by atoms with Crippen LogP contribution in [0.5, 0.6) is 5.75 Å². The van der Waals surface area contributed by atoms with Gasteiger partial charge < -0.3 is 15.8 Å². The van der Waals surface area contributed by atoms with Gasteiger partial charge in [-0.05, 0) is 31.9 Å². The number of ether oxygens (including phenoxy) is 1. The fraction of sp³-hybridized carbons (Fsp3) is 0.304. The summed E-state index contributed by atoms with van der Waals surface area (Å²) in [5, 5.41) is 7.70. The van der Waals surface area contributed by atoms with E-state index in [0.717, 1.165) is 18.5 Å². The molecule has 1 unspecified atom stereocenters. The first-order valence-electron chi connectivity index (χ1n) is 11.5. The molecule has 0 radical (unpaired) electrons. The number of aryl methyl sites for hydroxylation is 1. The molecule has 0 saturated carbocycles. The van der Waals surface area contributed by atoms with Gasteiger partial charge in [0.2, 0.25) is 0 Å². The van der Waals surface area contributed by atoms with Crippen molar-refractivity contribution in [1.29, 1.82) is 0 Å². The number of benzene rings is 1. The van der Waals surface area contributed by atoms with E-state index in [9.17, 15) is 35.9 Å². The molecule has 11 nitrogen and oxygen atoms in total. The minimum atomic E-state index is -4.89. The molecule has 1 aromatic carbocycles. The molecular weight excluding hydrogens is 550 g/mol. The molecule has 0 aliphatic rings. The first-order valence-corrected chi connectivity index (χ1v) is 11.5. The van der Waals surface area contributed by atoms with Gasteiger partial charge in [-0.25, -0.2) is 24.4 Å². The molecule has 0 aliphatic heterocycles. The summed E-state index contributed by atoms with van der Waals surface area (Å²) in [5.41, 5.74) is 1.69. The number of rotatable bonds is 9. The average molecular weight is 570 g/mol. The summed E-state index contributed by atoms with van der Waals surface area (Å²) in [5.74, 6) is -2.06. The molecule has 3 aromatic heterocycles. The van der Waals surface area contributed by atoms with Gasteiger partial charge in [-0.15, -0.1) is 0 Å². The van der Waals surface area contributed by atoms with Gasteiger partial charge in [0.1, 0.15) is 11.4 Å². The number of nitrogens with zero attached hydrogens (tertiary/aromatic N) is 5. The van der Waals surface area contributed by atoms with Crippen LogP contribution in [0.15, 0.2) is 40.4 Å². The predicted octanol–water partition coefficient (Wildman–Crippen LogP) is 3.56. The van der Waals surface area contributed by atoms with Crippen LogP contribution in [-0.4, -0.2) is 42.4 Å². The molecule has 4 N–H and O–H groups in total. The van der Waals surface area contributed by atoms with E-state index in [1.165, 1.54) is 17.0 Å². The Kier molecular flexibility index (Phi) is 7.92. The van der Waals surface area contributed by atoms with Crippen molar-refractivity contribution in [2.45, 2.75) is 45.1 Å². The van der Waals surface area contributed by atoms with Gasteiger partial charge in [0, 0.05) is 12.6 Å². The number of anilines is 2. The second kappa shape index (κ2) is 11.2. The fourth-order valence-corrected chi connectivity index (χ4v) is 3.90. The highest BCUT2D eigenvalue weighted by Crippen LogP contribution is 2.32. The molecule has 40 heavy (non-hydrogen) atoms. The average Bonchev–Trinajstić information content (AvgIpc) is 2.86. The SMILES string of the molecule is CC(CCCn1cnc2cc(-c3ncc(OC(F)F)c(N)n3)c(F)cc2c1=O)Nc1cn[nH]c(=O)c1C(F)(F)F. The van der Waals surface area contributed by atoms with Crippen LogP contribution < -0.4 is 26.9 Å². The Balaban J connectivity index is 1.48. The van der Waals surface area contributed by atoms with E-state index < -0.39 is 58.6 Å². The van der Waals surface area contributed by atoms with Gasteiger partial charge in [-0.2, -0.15) is 27.1 Å². The Labute approximate surface area is 220 Å². The summed E-state index contributed by atoms with van der Waals surface area (Å²) in [6, 6.07) is 1.61. The Hall–Kier alpha value is -4.70. The van der Waals surface area contributed by atoms with Gasteiger partial charge in [0.15, 0.2) is 17.4 Å². The van der Waals surface area contributed by atoms with Gasteiger partial charge >= 0.3 is 12.8 Å². The van der Waals surface area contributed by atoms with Crippen molar-refractivity contribution in [2.24, 2.45) is 0 Å². The Morgan fingerprint density at radius 2 is 1.93 bits per heavy atom. The molecule has 1 atom stereocenters. The number of aromatic amines is 1. The van der Waals surface area contributed by atoms with Crippen LogP contribution in [0.2, 0.25) is 0 Å². The van der Waals surface area contributed by atoms with Gasteiger partial charge in [-0.3, -0.25) is 14.2 Å². The predicted molar refractivity (Wildman–Crippen MR) is 130 cm³/mol. The van der Waals surface area contributed by atoms with Crippen LogP contribution in [0.4, 0.5) is 37.8 Å². The van der Waals surface area contributed by atoms with Crippen LogP contribution in [0.1, 0.15) is 25.3 Å². The maximum Gasteiger partial charge on any atom is 0.423 e. The molecule has 3 heterocycles. The zero-order valence-electron chi connectivity index (χ0n) is 20.5. The zero-order valence-corrected chi connectivity index (χ0v) is 20.5. The van der Waals surface area contributed by atoms with E-state index in [1.807, 2.05) is 0 Å². The van der Waals surface area contributed by atoms with Gasteiger partial charge in [0.25, 0.3) is 11.1 Å². The topological polar surface area (TPSA) is 154 Å². The molecule has 0 fully saturated rings. The van der Waals surface area contributed by atoms with E-state index in [0.29, 0.717) is 12.8 Å². The van der Waals surface area contributed by atoms with E-state index in [2.05, 4.69) is 30.1 Å². The number of hydrogen-bond donors (Lipinski definition) is 3.